The van der Waals surface area contributed by atoms with Crippen LogP contribution >= 0.6 is 0 Å². The van der Waals surface area contributed by atoms with E-state index in [1.165, 1.54) is 0 Å². The van der Waals surface area contributed by atoms with Gasteiger partial charge in [-0.15, -0.1) is 0 Å². The van der Waals surface area contributed by atoms with Crippen LogP contribution in [-0.4, -0.2) is 99.5 Å². The minimum atomic E-state index is -0.773. The van der Waals surface area contributed by atoms with Gasteiger partial charge in [0.25, 0.3) is 12.4 Å². The van der Waals surface area contributed by atoms with Gasteiger partial charge in [-0.05, 0) is 19.8 Å². The Kier molecular flexibility index (Phi) is 8.37. The molecule has 3 rings (SSSR count). The number of nitrogens with zero attached hydrogens (tertiary/aromatic N) is 4. The van der Waals surface area contributed by atoms with Gasteiger partial charge in [0.15, 0.2) is 0 Å². The summed E-state index contributed by atoms with van der Waals surface area (Å²) < 4.78 is 1.56. The average molecular weight is 438 g/mol. The van der Waals surface area contributed by atoms with Crippen LogP contribution in [0.4, 0.5) is 4.79 Å². The number of carbonyl (C=O) groups is 4. The van der Waals surface area contributed by atoms with E-state index in [-0.39, 0.29) is 30.2 Å². The Labute approximate surface area is 180 Å². The van der Waals surface area contributed by atoms with Crippen molar-refractivity contribution >= 4 is 24.3 Å². The molecule has 4 amide bonds. The van der Waals surface area contributed by atoms with E-state index in [1.807, 2.05) is 0 Å². The van der Waals surface area contributed by atoms with Gasteiger partial charge in [-0.25, -0.2) is 4.79 Å². The summed E-state index contributed by atoms with van der Waals surface area (Å²) in [6.45, 7) is 3.69. The van der Waals surface area contributed by atoms with Crippen molar-refractivity contribution in [3.8, 4) is 0 Å². The summed E-state index contributed by atoms with van der Waals surface area (Å²) in [5.74, 6) is -0.826. The Morgan fingerprint density at radius 3 is 2.52 bits per heavy atom. The molecule has 1 saturated carbocycles. The smallest absolute Gasteiger partial charge is 0.319 e. The topological polar surface area (TPSA) is 157 Å². The van der Waals surface area contributed by atoms with Gasteiger partial charge < -0.3 is 30.6 Å². The largest absolute Gasteiger partial charge is 0.483 e. The fourth-order valence-corrected chi connectivity index (χ4v) is 3.82. The number of aliphatic hydroxyl groups is 1. The second-order valence-corrected chi connectivity index (χ2v) is 7.71. The summed E-state index contributed by atoms with van der Waals surface area (Å²) in [4.78, 5) is 48.4. The second kappa shape index (κ2) is 10.8. The van der Waals surface area contributed by atoms with E-state index >= 15 is 0 Å². The highest BCUT2D eigenvalue weighted by Crippen LogP contribution is 2.26. The summed E-state index contributed by atoms with van der Waals surface area (Å²) in [7, 11) is 3.49. The SMILES string of the molecule is Cc1nn(C)cc1C(=O)N[C@@H]1C[C@H](C(=O)NCCN2CCN(C)C2=O)C[C@H]1O.O=CO. The number of likely N-dealkylation sites (N-methyl/N-ethyl adjacent to an activating group) is 1. The molecule has 4 N–H and O–H groups in total. The molecule has 12 heteroatoms. The summed E-state index contributed by atoms with van der Waals surface area (Å²) in [5, 5.41) is 27.0. The maximum atomic E-state index is 12.4. The van der Waals surface area contributed by atoms with Crippen molar-refractivity contribution in [2.24, 2.45) is 13.0 Å². The molecule has 172 valence electrons. The van der Waals surface area contributed by atoms with Crippen LogP contribution in [0, 0.1) is 12.8 Å². The van der Waals surface area contributed by atoms with Gasteiger partial charge in [-0.2, -0.15) is 5.10 Å². The lowest BCUT2D eigenvalue weighted by molar-refractivity contribution is -0.125. The highest BCUT2D eigenvalue weighted by atomic mass is 16.3. The van der Waals surface area contributed by atoms with Crippen molar-refractivity contribution < 1.29 is 29.4 Å². The van der Waals surface area contributed by atoms with Gasteiger partial charge in [0.05, 0.1) is 23.4 Å². The van der Waals surface area contributed by atoms with Crippen LogP contribution in [-0.2, 0) is 16.6 Å². The maximum Gasteiger partial charge on any atom is 0.319 e. The van der Waals surface area contributed by atoms with E-state index in [2.05, 4.69) is 15.7 Å². The molecule has 12 nitrogen and oxygen atoms in total. The molecule has 0 aromatic carbocycles. The van der Waals surface area contributed by atoms with Crippen molar-refractivity contribution in [1.82, 2.24) is 30.2 Å². The summed E-state index contributed by atoms with van der Waals surface area (Å²) in [6.07, 6.45) is 1.54. The number of hydrogen-bond donors (Lipinski definition) is 4. The monoisotopic (exact) mass is 438 g/mol. The number of carboxylic acid groups (broad SMARTS) is 1. The van der Waals surface area contributed by atoms with Crippen molar-refractivity contribution in [2.75, 3.05) is 33.2 Å². The molecule has 2 aliphatic rings. The third-order valence-corrected chi connectivity index (χ3v) is 5.46. The Balaban J connectivity index is 0.00000107. The predicted molar refractivity (Wildman–Crippen MR) is 109 cm³/mol. The van der Waals surface area contributed by atoms with Gasteiger partial charge in [0, 0.05) is 52.4 Å². The Morgan fingerprint density at radius 2 is 1.97 bits per heavy atom. The lowest BCUT2D eigenvalue weighted by Crippen LogP contribution is -2.40. The van der Waals surface area contributed by atoms with Crippen LogP contribution < -0.4 is 10.6 Å². The van der Waals surface area contributed by atoms with E-state index < -0.39 is 12.1 Å². The maximum absolute atomic E-state index is 12.4. The van der Waals surface area contributed by atoms with E-state index in [1.54, 1.807) is 41.7 Å². The number of carbonyl (C=O) groups excluding carboxylic acids is 3. The van der Waals surface area contributed by atoms with Gasteiger partial charge in [-0.1, -0.05) is 0 Å². The highest BCUT2D eigenvalue weighted by Gasteiger charge is 2.38. The number of aryl methyl sites for hydroxylation is 2. The first-order valence-electron chi connectivity index (χ1n) is 10.0. The van der Waals surface area contributed by atoms with Crippen LogP contribution in [0.5, 0.6) is 0 Å². The van der Waals surface area contributed by atoms with Crippen LogP contribution in [0.25, 0.3) is 0 Å². The minimum absolute atomic E-state index is 0.0287. The fraction of sp³-hybridized carbons (Fsp3) is 0.632. The van der Waals surface area contributed by atoms with Crippen molar-refractivity contribution in [3.05, 3.63) is 17.5 Å². The Hall–Kier alpha value is -3.15. The van der Waals surface area contributed by atoms with E-state index in [4.69, 9.17) is 9.90 Å². The van der Waals surface area contributed by atoms with Crippen LogP contribution in [0.15, 0.2) is 6.20 Å². The number of aliphatic hydroxyl groups excluding tert-OH is 1. The molecule has 0 bridgehead atoms. The molecule has 0 spiro atoms. The van der Waals surface area contributed by atoms with Crippen LogP contribution in [0.1, 0.15) is 28.9 Å². The number of rotatable bonds is 6. The molecule has 1 saturated heterocycles. The van der Waals surface area contributed by atoms with E-state index in [9.17, 15) is 19.5 Å². The van der Waals surface area contributed by atoms with Crippen LogP contribution in [0.3, 0.4) is 0 Å². The lowest BCUT2D eigenvalue weighted by Gasteiger charge is -2.17. The third kappa shape index (κ3) is 6.17. The first-order chi connectivity index (χ1) is 14.7. The zero-order valence-electron chi connectivity index (χ0n) is 17.9. The molecule has 31 heavy (non-hydrogen) atoms. The second-order valence-electron chi connectivity index (χ2n) is 7.71. The van der Waals surface area contributed by atoms with Gasteiger partial charge >= 0.3 is 6.03 Å². The molecule has 2 heterocycles. The molecular weight excluding hydrogens is 408 g/mol. The standard InChI is InChI=1S/C18H28N6O4.CH2O2/c1-11-13(10-23(3)21-11)17(27)20-14-8-12(9-15(14)25)16(26)19-4-5-24-7-6-22(2)18(24)28;2-1-3/h10,12,14-15,25H,4-9H2,1-3H3,(H,19,26)(H,20,27);1H,(H,2,3)/t12-,14+,15+;/m0./s1. The Morgan fingerprint density at radius 1 is 1.29 bits per heavy atom. The molecule has 1 aromatic rings. The zero-order valence-corrected chi connectivity index (χ0v) is 17.9. The fourth-order valence-electron chi connectivity index (χ4n) is 3.82. The van der Waals surface area contributed by atoms with Crippen LogP contribution in [0.2, 0.25) is 0 Å². The molecule has 0 radical (unpaired) electrons. The summed E-state index contributed by atoms with van der Waals surface area (Å²) in [5.41, 5.74) is 1.08. The number of hydrogen-bond acceptors (Lipinski definition) is 6. The van der Waals surface area contributed by atoms with Gasteiger partial charge in [0.1, 0.15) is 0 Å². The zero-order chi connectivity index (χ0) is 23.1. The normalized spacial score (nSPS) is 22.7. The quantitative estimate of drug-likeness (QED) is 0.406. The molecule has 1 aromatic heterocycles. The molecule has 1 aliphatic carbocycles. The molecule has 0 unspecified atom stereocenters. The number of nitrogens with one attached hydrogen (secondary N) is 2. The van der Waals surface area contributed by atoms with Crippen molar-refractivity contribution in [2.45, 2.75) is 31.9 Å². The third-order valence-electron chi connectivity index (χ3n) is 5.46. The van der Waals surface area contributed by atoms with Crippen molar-refractivity contribution in [3.63, 3.8) is 0 Å². The number of urea groups is 1. The lowest BCUT2D eigenvalue weighted by atomic mass is 10.1. The molecule has 3 atom stereocenters. The molecule has 2 fully saturated rings. The summed E-state index contributed by atoms with van der Waals surface area (Å²) in [6, 6.07) is -0.504. The Bertz CT molecular complexity index is 812. The first kappa shape index (κ1) is 24.1. The van der Waals surface area contributed by atoms with E-state index in [0.29, 0.717) is 50.3 Å². The number of amides is 4. The first-order valence-corrected chi connectivity index (χ1v) is 10.0. The van der Waals surface area contributed by atoms with Crippen molar-refractivity contribution in [1.29, 1.82) is 0 Å². The molecule has 1 aliphatic heterocycles. The summed E-state index contributed by atoms with van der Waals surface area (Å²) >= 11 is 0. The van der Waals surface area contributed by atoms with E-state index in [0.717, 1.165) is 0 Å². The predicted octanol–water partition coefficient (Wildman–Crippen LogP) is -1.22. The minimum Gasteiger partial charge on any atom is -0.483 e. The van der Waals surface area contributed by atoms with Gasteiger partial charge in [0.2, 0.25) is 5.91 Å². The molecular formula is C19H30N6O6. The highest BCUT2D eigenvalue weighted by molar-refractivity contribution is 5.95. The van der Waals surface area contributed by atoms with Gasteiger partial charge in [-0.3, -0.25) is 19.1 Å². The average Bonchev–Trinajstić information content (AvgIpc) is 3.35. The number of aromatic nitrogens is 2.